The summed E-state index contributed by atoms with van der Waals surface area (Å²) in [7, 11) is 3.21. The summed E-state index contributed by atoms with van der Waals surface area (Å²) in [6.45, 7) is 0. The van der Waals surface area contributed by atoms with Gasteiger partial charge in [-0.2, -0.15) is 0 Å². The number of nitrogens with zero attached hydrogens (tertiary/aromatic N) is 2. The molecule has 176 valence electrons. The van der Waals surface area contributed by atoms with Gasteiger partial charge in [0.05, 0.1) is 0 Å². The Morgan fingerprint density at radius 3 is 2.26 bits per heavy atom. The number of likely N-dealkylation sites (N-methyl/N-ethyl adjacent to an activating group) is 2. The Bertz CT molecular complexity index is 1130. The second-order valence-electron chi connectivity index (χ2n) is 7.23. The van der Waals surface area contributed by atoms with Crippen LogP contribution in [0.25, 0.3) is 12.2 Å². The molecule has 0 unspecified atom stereocenters. The number of rotatable bonds is 4. The molecule has 2 aromatic carbocycles. The van der Waals surface area contributed by atoms with Crippen LogP contribution in [0.15, 0.2) is 70.0 Å². The first-order chi connectivity index (χ1) is 16.3. The van der Waals surface area contributed by atoms with E-state index in [1.165, 1.54) is 26.7 Å². The SMILES string of the molecule is CS/C(=C\c1ccccc1)C(=S)N(C)NC(=O)C(=O)NN(C)C(=S)C1=Cc2ccccc2SC1. The molecular weight excluding hydrogens is 505 g/mol. The molecule has 1 heterocycles. The average molecular weight is 529 g/mol. The molecule has 0 aromatic heterocycles. The van der Waals surface area contributed by atoms with E-state index < -0.39 is 11.8 Å². The summed E-state index contributed by atoms with van der Waals surface area (Å²) in [6, 6.07) is 17.8. The van der Waals surface area contributed by atoms with Crippen molar-refractivity contribution in [2.45, 2.75) is 4.90 Å². The molecule has 0 atom stereocenters. The molecule has 6 nitrogen and oxygen atoms in total. The Hall–Kier alpha value is -2.66. The van der Waals surface area contributed by atoms with Gasteiger partial charge in [0.1, 0.15) is 9.98 Å². The zero-order valence-electron chi connectivity index (χ0n) is 18.9. The zero-order chi connectivity index (χ0) is 24.7. The maximum Gasteiger partial charge on any atom is 0.329 e. The van der Waals surface area contributed by atoms with E-state index in [2.05, 4.69) is 16.9 Å². The second kappa shape index (κ2) is 12.2. The predicted molar refractivity (Wildman–Crippen MR) is 150 cm³/mol. The number of benzene rings is 2. The van der Waals surface area contributed by atoms with Gasteiger partial charge in [0.25, 0.3) is 0 Å². The van der Waals surface area contributed by atoms with Crippen molar-refractivity contribution in [3.63, 3.8) is 0 Å². The van der Waals surface area contributed by atoms with Gasteiger partial charge in [0.15, 0.2) is 0 Å². The number of thioether (sulfide) groups is 2. The van der Waals surface area contributed by atoms with Crippen LogP contribution in [0.4, 0.5) is 0 Å². The third-order valence-corrected chi connectivity index (χ3v) is 7.84. The van der Waals surface area contributed by atoms with Crippen LogP contribution in [0.1, 0.15) is 11.1 Å². The lowest BCUT2D eigenvalue weighted by atomic mass is 10.1. The topological polar surface area (TPSA) is 64.7 Å². The van der Waals surface area contributed by atoms with E-state index in [9.17, 15) is 9.59 Å². The van der Waals surface area contributed by atoms with Crippen molar-refractivity contribution in [3.05, 3.63) is 76.2 Å². The molecule has 0 radical (unpaired) electrons. The van der Waals surface area contributed by atoms with Gasteiger partial charge < -0.3 is 0 Å². The molecule has 0 fully saturated rings. The molecule has 0 saturated carbocycles. The summed E-state index contributed by atoms with van der Waals surface area (Å²) in [5.74, 6) is -1.01. The van der Waals surface area contributed by atoms with Gasteiger partial charge in [-0.3, -0.25) is 30.5 Å². The zero-order valence-corrected chi connectivity index (χ0v) is 22.2. The standard InChI is InChI=1S/C24H24N4O2S4/c1-27(23(31)18-14-17-11-7-8-12-19(17)34-15-18)25-21(29)22(30)26-28(2)24(32)20(33-3)13-16-9-5-4-6-10-16/h4-14H,15H2,1-3H3,(H,25,29)(H,26,30)/b20-13-. The largest absolute Gasteiger partial charge is 0.329 e. The van der Waals surface area contributed by atoms with Crippen LogP contribution >= 0.6 is 48.0 Å². The van der Waals surface area contributed by atoms with Gasteiger partial charge >= 0.3 is 11.8 Å². The lowest BCUT2D eigenvalue weighted by Crippen LogP contribution is -2.53. The van der Waals surface area contributed by atoms with Crippen molar-refractivity contribution in [1.82, 2.24) is 20.9 Å². The molecule has 2 N–H and O–H groups in total. The van der Waals surface area contributed by atoms with Crippen molar-refractivity contribution < 1.29 is 9.59 Å². The van der Waals surface area contributed by atoms with Crippen molar-refractivity contribution in [2.24, 2.45) is 0 Å². The summed E-state index contributed by atoms with van der Waals surface area (Å²) in [6.07, 6.45) is 5.83. The first-order valence-corrected chi connectivity index (χ1v) is 13.2. The minimum atomic E-state index is -0.850. The fraction of sp³-hybridized carbons (Fsp3) is 0.167. The van der Waals surface area contributed by atoms with Crippen molar-refractivity contribution in [3.8, 4) is 0 Å². The van der Waals surface area contributed by atoms with Crippen molar-refractivity contribution >= 4 is 81.9 Å². The first kappa shape index (κ1) is 26.0. The fourth-order valence-corrected chi connectivity index (χ4v) is 5.22. The van der Waals surface area contributed by atoms with Gasteiger partial charge in [-0.15, -0.1) is 23.5 Å². The van der Waals surface area contributed by atoms with E-state index in [0.717, 1.165) is 21.6 Å². The second-order valence-corrected chi connectivity index (χ2v) is 9.87. The monoisotopic (exact) mass is 528 g/mol. The van der Waals surface area contributed by atoms with Crippen LogP contribution in [0.3, 0.4) is 0 Å². The van der Waals surface area contributed by atoms with E-state index in [-0.39, 0.29) is 0 Å². The predicted octanol–water partition coefficient (Wildman–Crippen LogP) is 4.16. The molecule has 10 heteroatoms. The molecule has 3 rings (SSSR count). The van der Waals surface area contributed by atoms with E-state index in [4.69, 9.17) is 24.4 Å². The summed E-state index contributed by atoms with van der Waals surface area (Å²) >= 11 is 14.2. The fourth-order valence-electron chi connectivity index (χ4n) is 3.04. The van der Waals surface area contributed by atoms with Crippen molar-refractivity contribution in [1.29, 1.82) is 0 Å². The Labute approximate surface area is 218 Å². The van der Waals surface area contributed by atoms with Crippen molar-refractivity contribution in [2.75, 3.05) is 26.1 Å². The van der Waals surface area contributed by atoms with Crippen LogP contribution in [-0.4, -0.2) is 57.9 Å². The van der Waals surface area contributed by atoms with Gasteiger partial charge in [-0.1, -0.05) is 73.0 Å². The lowest BCUT2D eigenvalue weighted by molar-refractivity contribution is -0.142. The van der Waals surface area contributed by atoms with E-state index >= 15 is 0 Å². The highest BCUT2D eigenvalue weighted by Crippen LogP contribution is 2.32. The first-order valence-electron chi connectivity index (χ1n) is 10.2. The molecular formula is C24H24N4O2S4. The quantitative estimate of drug-likeness (QED) is 0.266. The Morgan fingerprint density at radius 1 is 0.971 bits per heavy atom. The van der Waals surface area contributed by atoms with Crippen LogP contribution in [0, 0.1) is 0 Å². The number of amides is 2. The molecule has 0 aliphatic carbocycles. The normalized spacial score (nSPS) is 12.7. The average Bonchev–Trinajstić information content (AvgIpc) is 2.86. The molecule has 1 aliphatic rings. The third kappa shape index (κ3) is 6.69. The van der Waals surface area contributed by atoms with E-state index in [0.29, 0.717) is 15.7 Å². The summed E-state index contributed by atoms with van der Waals surface area (Å²) in [5.41, 5.74) is 8.01. The van der Waals surface area contributed by atoms with Gasteiger partial charge in [0.2, 0.25) is 0 Å². The molecule has 1 aliphatic heterocycles. The maximum absolute atomic E-state index is 12.5. The molecule has 0 saturated heterocycles. The van der Waals surface area contributed by atoms with Crippen LogP contribution in [0.2, 0.25) is 0 Å². The smallest absolute Gasteiger partial charge is 0.277 e. The van der Waals surface area contributed by atoms with Gasteiger partial charge in [0, 0.05) is 29.6 Å². The number of hydrazine groups is 2. The lowest BCUT2D eigenvalue weighted by Gasteiger charge is -2.25. The van der Waals surface area contributed by atoms with Crippen LogP contribution in [0.5, 0.6) is 0 Å². The highest BCUT2D eigenvalue weighted by molar-refractivity contribution is 8.04. The van der Waals surface area contributed by atoms with E-state index in [1.54, 1.807) is 25.9 Å². The van der Waals surface area contributed by atoms with Crippen LogP contribution < -0.4 is 10.9 Å². The third-order valence-electron chi connectivity index (χ3n) is 4.79. The Balaban J connectivity index is 1.58. The van der Waals surface area contributed by atoms with Crippen LogP contribution in [-0.2, 0) is 9.59 Å². The molecule has 34 heavy (non-hydrogen) atoms. The minimum absolute atomic E-state index is 0.393. The molecule has 0 spiro atoms. The number of thiocarbonyl (C=S) groups is 2. The van der Waals surface area contributed by atoms with Gasteiger partial charge in [-0.05, 0) is 41.2 Å². The highest BCUT2D eigenvalue weighted by atomic mass is 32.2. The molecule has 2 amide bonds. The van der Waals surface area contributed by atoms with Gasteiger partial charge in [-0.25, -0.2) is 0 Å². The molecule has 0 bridgehead atoms. The number of hydrogen-bond acceptors (Lipinski definition) is 6. The Morgan fingerprint density at radius 2 is 1.59 bits per heavy atom. The summed E-state index contributed by atoms with van der Waals surface area (Å²) in [4.78, 5) is 27.8. The van der Waals surface area contributed by atoms with E-state index in [1.807, 2.05) is 66.9 Å². The number of fused-ring (bicyclic) bond motifs is 1. The minimum Gasteiger partial charge on any atom is -0.277 e. The molecule has 2 aromatic rings. The number of carbonyl (C=O) groups is 2. The summed E-state index contributed by atoms with van der Waals surface area (Å²) in [5, 5.41) is 2.75. The number of hydrogen-bond donors (Lipinski definition) is 2. The maximum atomic E-state index is 12.5. The highest BCUT2D eigenvalue weighted by Gasteiger charge is 2.22. The number of nitrogens with one attached hydrogen (secondary N) is 2. The summed E-state index contributed by atoms with van der Waals surface area (Å²) < 4.78 is 0. The Kier molecular flexibility index (Phi) is 9.28. The number of carbonyl (C=O) groups excluding carboxylic acids is 2.